The molecule has 0 bridgehead atoms. The molecule has 1 saturated carbocycles. The zero-order chi connectivity index (χ0) is 24.5. The summed E-state index contributed by atoms with van der Waals surface area (Å²) in [5, 5.41) is 0.978. The molecule has 0 unspecified atom stereocenters. The van der Waals surface area contributed by atoms with Crippen molar-refractivity contribution >= 4 is 34.4 Å². The molecule has 8 heteroatoms. The van der Waals surface area contributed by atoms with E-state index in [1.807, 2.05) is 23.2 Å². The standard InChI is InChI=1S/C27H32N6O2/c1-4-24-29-15-21-19(6-5-7-23(21)30-24)20-14-22(28)27(31-26(20)18-8-9-18)32-11-12-33(17(2)16-32)25(34)10-13-35-3/h4-7,14-15,17-18H,1,8-13,16,28H2,2-3H3/t17-/m1/s1. The second kappa shape index (κ2) is 9.62. The summed E-state index contributed by atoms with van der Waals surface area (Å²) in [7, 11) is 1.62. The Morgan fingerprint density at radius 1 is 1.26 bits per heavy atom. The van der Waals surface area contributed by atoms with E-state index in [1.165, 1.54) is 0 Å². The van der Waals surface area contributed by atoms with E-state index in [-0.39, 0.29) is 11.9 Å². The lowest BCUT2D eigenvalue weighted by Crippen LogP contribution is -2.54. The Labute approximate surface area is 205 Å². The van der Waals surface area contributed by atoms with Gasteiger partial charge in [0.25, 0.3) is 0 Å². The number of carbonyl (C=O) groups is 1. The molecular formula is C27H32N6O2. The maximum Gasteiger partial charge on any atom is 0.225 e. The van der Waals surface area contributed by atoms with Crippen LogP contribution in [0.2, 0.25) is 0 Å². The molecule has 0 radical (unpaired) electrons. The summed E-state index contributed by atoms with van der Waals surface area (Å²) in [6.45, 7) is 8.36. The van der Waals surface area contributed by atoms with Crippen LogP contribution in [0.1, 0.15) is 43.6 Å². The van der Waals surface area contributed by atoms with Crippen LogP contribution in [0.4, 0.5) is 11.5 Å². The van der Waals surface area contributed by atoms with Crippen LogP contribution in [0.15, 0.2) is 37.0 Å². The van der Waals surface area contributed by atoms with Gasteiger partial charge in [-0.25, -0.2) is 15.0 Å². The molecule has 1 amide bonds. The number of carbonyl (C=O) groups excluding carboxylic acids is 1. The maximum absolute atomic E-state index is 12.5. The van der Waals surface area contributed by atoms with Gasteiger partial charge in [0.2, 0.25) is 5.91 Å². The third-order valence-corrected chi connectivity index (χ3v) is 6.91. The van der Waals surface area contributed by atoms with Crippen LogP contribution in [0.3, 0.4) is 0 Å². The zero-order valence-electron chi connectivity index (χ0n) is 20.4. The summed E-state index contributed by atoms with van der Waals surface area (Å²) >= 11 is 0. The van der Waals surface area contributed by atoms with Gasteiger partial charge in [-0.1, -0.05) is 18.7 Å². The molecule has 1 aliphatic carbocycles. The molecule has 3 aromatic rings. The minimum Gasteiger partial charge on any atom is -0.396 e. The molecule has 2 aliphatic rings. The highest BCUT2D eigenvalue weighted by Gasteiger charge is 2.33. The van der Waals surface area contributed by atoms with Crippen molar-refractivity contribution in [2.75, 3.05) is 44.0 Å². The highest BCUT2D eigenvalue weighted by atomic mass is 16.5. The summed E-state index contributed by atoms with van der Waals surface area (Å²) < 4.78 is 5.08. The van der Waals surface area contributed by atoms with E-state index < -0.39 is 0 Å². The number of aromatic nitrogens is 3. The van der Waals surface area contributed by atoms with Gasteiger partial charge in [-0.2, -0.15) is 0 Å². The molecule has 1 aromatic carbocycles. The van der Waals surface area contributed by atoms with Gasteiger partial charge < -0.3 is 20.3 Å². The Balaban J connectivity index is 1.48. The molecule has 8 nitrogen and oxygen atoms in total. The number of methoxy groups -OCH3 is 1. The number of hydrogen-bond donors (Lipinski definition) is 1. The van der Waals surface area contributed by atoms with Crippen molar-refractivity contribution in [3.8, 4) is 11.1 Å². The lowest BCUT2D eigenvalue weighted by Gasteiger charge is -2.41. The number of hydrogen-bond acceptors (Lipinski definition) is 7. The van der Waals surface area contributed by atoms with Gasteiger partial charge in [-0.3, -0.25) is 4.79 Å². The quantitative estimate of drug-likeness (QED) is 0.557. The number of piperazine rings is 1. The summed E-state index contributed by atoms with van der Waals surface area (Å²) in [6.07, 6.45) is 6.18. The summed E-state index contributed by atoms with van der Waals surface area (Å²) in [6, 6.07) is 8.23. The summed E-state index contributed by atoms with van der Waals surface area (Å²) in [5.41, 5.74) is 11.3. The molecule has 0 spiro atoms. The van der Waals surface area contributed by atoms with Crippen molar-refractivity contribution in [1.29, 1.82) is 0 Å². The summed E-state index contributed by atoms with van der Waals surface area (Å²) in [4.78, 5) is 30.9. The van der Waals surface area contributed by atoms with Gasteiger partial charge in [-0.15, -0.1) is 0 Å². The van der Waals surface area contributed by atoms with Crippen LogP contribution >= 0.6 is 0 Å². The van der Waals surface area contributed by atoms with Gasteiger partial charge in [0.15, 0.2) is 11.6 Å². The molecule has 2 aromatic heterocycles. The van der Waals surface area contributed by atoms with Crippen LogP contribution < -0.4 is 10.6 Å². The Morgan fingerprint density at radius 2 is 2.09 bits per heavy atom. The smallest absolute Gasteiger partial charge is 0.225 e. The third kappa shape index (κ3) is 4.58. The number of pyridine rings is 1. The fourth-order valence-electron chi connectivity index (χ4n) is 4.93. The number of ether oxygens (including phenoxy) is 1. The molecule has 5 rings (SSSR count). The number of benzene rings is 1. The molecule has 2 N–H and O–H groups in total. The van der Waals surface area contributed by atoms with Crippen LogP contribution in [0.5, 0.6) is 0 Å². The van der Waals surface area contributed by atoms with E-state index in [9.17, 15) is 4.79 Å². The molecule has 35 heavy (non-hydrogen) atoms. The second-order valence-corrected chi connectivity index (χ2v) is 9.40. The van der Waals surface area contributed by atoms with E-state index in [0.717, 1.165) is 46.4 Å². The summed E-state index contributed by atoms with van der Waals surface area (Å²) in [5.74, 6) is 1.99. The maximum atomic E-state index is 12.5. The lowest BCUT2D eigenvalue weighted by molar-refractivity contribution is -0.134. The first kappa shape index (κ1) is 23.2. The van der Waals surface area contributed by atoms with E-state index in [2.05, 4.69) is 40.5 Å². The predicted molar refractivity (Wildman–Crippen MR) is 139 cm³/mol. The van der Waals surface area contributed by atoms with E-state index >= 15 is 0 Å². The first-order valence-corrected chi connectivity index (χ1v) is 12.2. The van der Waals surface area contributed by atoms with E-state index in [1.54, 1.807) is 13.2 Å². The van der Waals surface area contributed by atoms with Crippen molar-refractivity contribution in [3.63, 3.8) is 0 Å². The SMILES string of the molecule is C=Cc1ncc2c(-c3cc(N)c(N4CCN(C(=O)CCOC)[C@H](C)C4)nc3C3CC3)cccc2n1. The van der Waals surface area contributed by atoms with Crippen molar-refractivity contribution in [1.82, 2.24) is 19.9 Å². The molecule has 1 atom stereocenters. The van der Waals surface area contributed by atoms with E-state index in [0.29, 0.717) is 50.1 Å². The number of fused-ring (bicyclic) bond motifs is 1. The first-order chi connectivity index (χ1) is 17.0. The number of rotatable bonds is 7. The van der Waals surface area contributed by atoms with Gasteiger partial charge in [-0.05, 0) is 43.5 Å². The largest absolute Gasteiger partial charge is 0.396 e. The number of nitrogens with zero attached hydrogens (tertiary/aromatic N) is 5. The first-order valence-electron chi connectivity index (χ1n) is 12.2. The topological polar surface area (TPSA) is 97.5 Å². The van der Waals surface area contributed by atoms with Crippen molar-refractivity contribution in [3.05, 3.63) is 48.6 Å². The molecule has 3 heterocycles. The Morgan fingerprint density at radius 3 is 2.80 bits per heavy atom. The van der Waals surface area contributed by atoms with Crippen LogP contribution in [0, 0.1) is 0 Å². The number of amides is 1. The lowest BCUT2D eigenvalue weighted by atomic mass is 9.97. The molecule has 182 valence electrons. The average Bonchev–Trinajstić information content (AvgIpc) is 3.71. The highest BCUT2D eigenvalue weighted by molar-refractivity contribution is 5.96. The Kier molecular flexibility index (Phi) is 6.38. The Bertz CT molecular complexity index is 1270. The van der Waals surface area contributed by atoms with Crippen LogP contribution in [-0.4, -0.2) is 65.2 Å². The predicted octanol–water partition coefficient (Wildman–Crippen LogP) is 3.87. The van der Waals surface area contributed by atoms with Crippen LogP contribution in [-0.2, 0) is 9.53 Å². The van der Waals surface area contributed by atoms with Crippen molar-refractivity contribution < 1.29 is 9.53 Å². The highest BCUT2D eigenvalue weighted by Crippen LogP contribution is 2.46. The number of nitrogens with two attached hydrogens (primary N) is 1. The van der Waals surface area contributed by atoms with Gasteiger partial charge in [0, 0.05) is 55.9 Å². The normalized spacial score (nSPS) is 18.2. The molecule has 1 saturated heterocycles. The second-order valence-electron chi connectivity index (χ2n) is 9.40. The fourth-order valence-corrected chi connectivity index (χ4v) is 4.93. The minimum atomic E-state index is 0.0765. The van der Waals surface area contributed by atoms with Gasteiger partial charge in [0.1, 0.15) is 0 Å². The van der Waals surface area contributed by atoms with E-state index in [4.69, 9.17) is 15.5 Å². The fraction of sp³-hybridized carbons (Fsp3) is 0.407. The number of anilines is 2. The zero-order valence-corrected chi connectivity index (χ0v) is 20.4. The molecule has 2 fully saturated rings. The number of nitrogen functional groups attached to an aromatic ring is 1. The van der Waals surface area contributed by atoms with Crippen molar-refractivity contribution in [2.24, 2.45) is 0 Å². The minimum absolute atomic E-state index is 0.0765. The average molecular weight is 473 g/mol. The monoisotopic (exact) mass is 472 g/mol. The Hall–Kier alpha value is -3.52. The van der Waals surface area contributed by atoms with Crippen LogP contribution in [0.25, 0.3) is 28.1 Å². The third-order valence-electron chi connectivity index (χ3n) is 6.91. The molecule has 1 aliphatic heterocycles. The van der Waals surface area contributed by atoms with Gasteiger partial charge in [0.05, 0.1) is 29.9 Å². The van der Waals surface area contributed by atoms with Gasteiger partial charge >= 0.3 is 0 Å². The van der Waals surface area contributed by atoms with Crippen molar-refractivity contribution in [2.45, 2.75) is 38.1 Å². The molecular weight excluding hydrogens is 440 g/mol.